The van der Waals surface area contributed by atoms with Gasteiger partial charge in [0.05, 0.1) is 6.61 Å². The molecule has 0 amide bonds. The third-order valence-electron chi connectivity index (χ3n) is 5.43. The van der Waals surface area contributed by atoms with Crippen molar-refractivity contribution in [2.45, 2.75) is 18.9 Å². The number of piperidine rings is 2. The molecule has 15 heavy (non-hydrogen) atoms. The van der Waals surface area contributed by atoms with Gasteiger partial charge in [-0.2, -0.15) is 0 Å². The molecule has 3 unspecified atom stereocenters. The average molecular weight is 208 g/mol. The average Bonchev–Trinajstić information content (AvgIpc) is 2.96. The quantitative estimate of drug-likeness (QED) is 0.582. The molecule has 0 aromatic heterocycles. The molecule has 5 heterocycles. The van der Waals surface area contributed by atoms with E-state index in [4.69, 9.17) is 4.74 Å². The second-order valence-corrected chi connectivity index (χ2v) is 5.98. The molecule has 5 aliphatic rings. The number of epoxide rings is 1. The number of nitrogens with zero attached hydrogens (tertiary/aromatic N) is 2. The summed E-state index contributed by atoms with van der Waals surface area (Å²) in [6.07, 6.45) is 1.29. The zero-order valence-corrected chi connectivity index (χ0v) is 9.54. The van der Waals surface area contributed by atoms with Crippen LogP contribution in [0, 0.1) is 11.3 Å². The minimum Gasteiger partial charge on any atom is -0.368 e. The first kappa shape index (κ1) is 8.97. The predicted octanol–water partition coefficient (Wildman–Crippen LogP) is 0.413. The van der Waals surface area contributed by atoms with Crippen molar-refractivity contribution < 1.29 is 4.74 Å². The van der Waals surface area contributed by atoms with Gasteiger partial charge in [-0.1, -0.05) is 6.92 Å². The minimum absolute atomic E-state index is 0.305. The summed E-state index contributed by atoms with van der Waals surface area (Å²) in [4.78, 5) is 5.38. The normalized spacial score (nSPS) is 61.0. The first-order valence-corrected chi connectivity index (χ1v) is 6.37. The zero-order valence-electron chi connectivity index (χ0n) is 9.54. The number of ether oxygens (including phenoxy) is 1. The van der Waals surface area contributed by atoms with Crippen molar-refractivity contribution >= 4 is 0 Å². The molecular formula is C12H20N2O. The molecule has 1 spiro atoms. The highest BCUT2D eigenvalue weighted by Gasteiger charge is 2.70. The van der Waals surface area contributed by atoms with Crippen molar-refractivity contribution in [3.8, 4) is 0 Å². The second-order valence-electron chi connectivity index (χ2n) is 5.98. The summed E-state index contributed by atoms with van der Waals surface area (Å²) < 4.78 is 5.97. The number of hydrogen-bond acceptors (Lipinski definition) is 3. The summed E-state index contributed by atoms with van der Waals surface area (Å²) in [5, 5.41) is 0. The first-order chi connectivity index (χ1) is 7.28. The molecule has 5 saturated heterocycles. The highest BCUT2D eigenvalue weighted by atomic mass is 16.6. The van der Waals surface area contributed by atoms with Crippen LogP contribution in [-0.2, 0) is 4.74 Å². The minimum atomic E-state index is 0.305. The lowest BCUT2D eigenvalue weighted by atomic mass is 9.62. The molecule has 5 fully saturated rings. The van der Waals surface area contributed by atoms with Gasteiger partial charge in [0.1, 0.15) is 5.60 Å². The first-order valence-electron chi connectivity index (χ1n) is 6.37. The molecule has 4 bridgehead atoms. The Balaban J connectivity index is 1.81. The van der Waals surface area contributed by atoms with Crippen LogP contribution in [0.4, 0.5) is 0 Å². The maximum atomic E-state index is 5.97. The van der Waals surface area contributed by atoms with Crippen molar-refractivity contribution in [3.05, 3.63) is 0 Å². The lowest BCUT2D eigenvalue weighted by Gasteiger charge is -2.54. The second kappa shape index (κ2) is 2.58. The van der Waals surface area contributed by atoms with Gasteiger partial charge in [0.25, 0.3) is 0 Å². The molecular weight excluding hydrogens is 188 g/mol. The molecule has 0 aliphatic carbocycles. The van der Waals surface area contributed by atoms with Gasteiger partial charge in [-0.05, 0) is 6.42 Å². The Bertz CT molecular complexity index is 284. The van der Waals surface area contributed by atoms with Gasteiger partial charge < -0.3 is 14.5 Å². The van der Waals surface area contributed by atoms with Gasteiger partial charge in [0, 0.05) is 50.6 Å². The molecule has 0 aromatic carbocycles. The lowest BCUT2D eigenvalue weighted by Crippen LogP contribution is -2.65. The molecule has 0 N–H and O–H groups in total. The molecule has 0 radical (unpaired) electrons. The van der Waals surface area contributed by atoms with Crippen LogP contribution in [0.25, 0.3) is 0 Å². The zero-order chi connectivity index (χ0) is 10.1. The van der Waals surface area contributed by atoms with E-state index in [0.29, 0.717) is 11.0 Å². The van der Waals surface area contributed by atoms with Gasteiger partial charge in [0.2, 0.25) is 0 Å². The number of fused-ring (bicyclic) bond motifs is 1. The predicted molar refractivity (Wildman–Crippen MR) is 57.8 cm³/mol. The summed E-state index contributed by atoms with van der Waals surface area (Å²) >= 11 is 0. The third-order valence-corrected chi connectivity index (χ3v) is 5.43. The van der Waals surface area contributed by atoms with Gasteiger partial charge in [-0.25, -0.2) is 0 Å². The molecule has 3 atom stereocenters. The van der Waals surface area contributed by atoms with Crippen molar-refractivity contribution in [2.75, 3.05) is 45.9 Å². The Morgan fingerprint density at radius 3 is 2.27 bits per heavy atom. The van der Waals surface area contributed by atoms with E-state index in [2.05, 4.69) is 16.7 Å². The van der Waals surface area contributed by atoms with E-state index in [9.17, 15) is 0 Å². The molecule has 5 aliphatic heterocycles. The summed E-state index contributed by atoms with van der Waals surface area (Å²) in [5.41, 5.74) is 0.768. The SMILES string of the molecule is CCC12CN3CCN(CC(C3)C13CO3)C2. The van der Waals surface area contributed by atoms with Crippen molar-refractivity contribution in [2.24, 2.45) is 11.3 Å². The number of rotatable bonds is 1. The standard InChI is InChI=1S/C12H20N2O/c1-2-11-7-13-3-4-14(8-11)6-10(5-13)12(11)9-15-12/h10H,2-9H2,1H3. The van der Waals surface area contributed by atoms with E-state index in [1.807, 2.05) is 0 Å². The Labute approximate surface area is 91.4 Å². The van der Waals surface area contributed by atoms with Gasteiger partial charge in [0.15, 0.2) is 0 Å². The van der Waals surface area contributed by atoms with Crippen LogP contribution in [0.5, 0.6) is 0 Å². The Morgan fingerprint density at radius 2 is 1.80 bits per heavy atom. The van der Waals surface area contributed by atoms with E-state index >= 15 is 0 Å². The Kier molecular flexibility index (Phi) is 1.54. The maximum absolute atomic E-state index is 5.97. The summed E-state index contributed by atoms with van der Waals surface area (Å²) in [6.45, 7) is 11.1. The molecule has 84 valence electrons. The van der Waals surface area contributed by atoms with Gasteiger partial charge in [-0.3, -0.25) is 0 Å². The van der Waals surface area contributed by atoms with E-state index in [1.165, 1.54) is 45.7 Å². The van der Waals surface area contributed by atoms with Crippen LogP contribution in [0.15, 0.2) is 0 Å². The summed E-state index contributed by atoms with van der Waals surface area (Å²) in [5.74, 6) is 0.794. The van der Waals surface area contributed by atoms with Gasteiger partial charge >= 0.3 is 0 Å². The third kappa shape index (κ3) is 0.931. The van der Waals surface area contributed by atoms with Crippen molar-refractivity contribution in [1.29, 1.82) is 0 Å². The fraction of sp³-hybridized carbons (Fsp3) is 1.00. The highest BCUT2D eigenvalue weighted by Crippen LogP contribution is 2.58. The molecule has 3 nitrogen and oxygen atoms in total. The highest BCUT2D eigenvalue weighted by molar-refractivity contribution is 5.20. The van der Waals surface area contributed by atoms with Gasteiger partial charge in [-0.15, -0.1) is 0 Å². The van der Waals surface area contributed by atoms with Crippen LogP contribution in [0.1, 0.15) is 13.3 Å². The van der Waals surface area contributed by atoms with Crippen LogP contribution >= 0.6 is 0 Å². The Hall–Kier alpha value is -0.120. The maximum Gasteiger partial charge on any atom is 0.105 e. The molecule has 5 rings (SSSR count). The van der Waals surface area contributed by atoms with E-state index in [0.717, 1.165) is 12.5 Å². The van der Waals surface area contributed by atoms with E-state index in [-0.39, 0.29) is 0 Å². The summed E-state index contributed by atoms with van der Waals surface area (Å²) in [7, 11) is 0. The monoisotopic (exact) mass is 208 g/mol. The van der Waals surface area contributed by atoms with E-state index < -0.39 is 0 Å². The fourth-order valence-electron chi connectivity index (χ4n) is 4.48. The van der Waals surface area contributed by atoms with Crippen LogP contribution in [-0.4, -0.2) is 61.3 Å². The topological polar surface area (TPSA) is 19.0 Å². The lowest BCUT2D eigenvalue weighted by molar-refractivity contribution is -0.0805. The molecule has 0 aromatic rings. The number of hydrogen-bond donors (Lipinski definition) is 0. The Morgan fingerprint density at radius 1 is 1.20 bits per heavy atom. The van der Waals surface area contributed by atoms with Crippen molar-refractivity contribution in [1.82, 2.24) is 9.80 Å². The van der Waals surface area contributed by atoms with Crippen LogP contribution < -0.4 is 0 Å². The smallest absolute Gasteiger partial charge is 0.105 e. The van der Waals surface area contributed by atoms with Crippen molar-refractivity contribution in [3.63, 3.8) is 0 Å². The molecule has 0 saturated carbocycles. The van der Waals surface area contributed by atoms with E-state index in [1.54, 1.807) is 0 Å². The van der Waals surface area contributed by atoms with Crippen LogP contribution in [0.3, 0.4) is 0 Å². The fourth-order valence-corrected chi connectivity index (χ4v) is 4.48. The molecule has 3 heteroatoms. The largest absolute Gasteiger partial charge is 0.368 e. The summed E-state index contributed by atoms with van der Waals surface area (Å²) in [6, 6.07) is 0. The van der Waals surface area contributed by atoms with Crippen LogP contribution in [0.2, 0.25) is 0 Å².